The average Bonchev–Trinajstić information content (AvgIpc) is 2.63. The molecule has 0 aliphatic carbocycles. The smallest absolute Gasteiger partial charge is 0.343 e. The van der Waals surface area contributed by atoms with Crippen molar-refractivity contribution in [1.29, 1.82) is 0 Å². The van der Waals surface area contributed by atoms with E-state index >= 15 is 0 Å². The molecule has 0 N–H and O–H groups in total. The molecule has 0 radical (unpaired) electrons. The normalized spacial score (nSPS) is 11.1. The molecule has 2 nitrogen and oxygen atoms in total. The van der Waals surface area contributed by atoms with Crippen molar-refractivity contribution >= 4 is 5.97 Å². The van der Waals surface area contributed by atoms with Crippen molar-refractivity contribution in [3.05, 3.63) is 102 Å². The number of rotatable bonds is 4. The topological polar surface area (TPSA) is 26.3 Å². The zero-order chi connectivity index (χ0) is 17.0. The Labute approximate surface area is 142 Å². The van der Waals surface area contributed by atoms with Gasteiger partial charge in [0.05, 0.1) is 5.56 Å². The molecule has 24 heavy (non-hydrogen) atoms. The molecule has 3 rings (SSSR count). The molecule has 0 spiro atoms. The lowest BCUT2D eigenvalue weighted by molar-refractivity contribution is 0.0732. The molecule has 120 valence electrons. The van der Waals surface area contributed by atoms with Gasteiger partial charge in [0.1, 0.15) is 5.75 Å². The van der Waals surface area contributed by atoms with E-state index in [4.69, 9.17) is 4.74 Å². The van der Waals surface area contributed by atoms with Gasteiger partial charge in [0.2, 0.25) is 0 Å². The summed E-state index contributed by atoms with van der Waals surface area (Å²) >= 11 is 0. The molecule has 0 aromatic heterocycles. The minimum Gasteiger partial charge on any atom is -0.423 e. The van der Waals surface area contributed by atoms with Crippen molar-refractivity contribution in [1.82, 2.24) is 0 Å². The third-order valence-electron chi connectivity index (χ3n) is 4.27. The quantitative estimate of drug-likeness (QED) is 0.486. The van der Waals surface area contributed by atoms with E-state index in [1.807, 2.05) is 60.7 Å². The van der Waals surface area contributed by atoms with Crippen LogP contribution < -0.4 is 4.74 Å². The molecule has 0 fully saturated rings. The third kappa shape index (κ3) is 3.23. The largest absolute Gasteiger partial charge is 0.423 e. The van der Waals surface area contributed by atoms with Gasteiger partial charge in [-0.1, -0.05) is 80.6 Å². The van der Waals surface area contributed by atoms with Crippen molar-refractivity contribution in [2.24, 2.45) is 0 Å². The molecular formula is C22H20O2. The van der Waals surface area contributed by atoms with E-state index in [1.165, 1.54) is 0 Å². The van der Waals surface area contributed by atoms with E-state index in [0.717, 1.165) is 11.1 Å². The van der Waals surface area contributed by atoms with E-state index < -0.39 is 0 Å². The van der Waals surface area contributed by atoms with E-state index in [2.05, 4.69) is 26.0 Å². The van der Waals surface area contributed by atoms with Gasteiger partial charge in [0.15, 0.2) is 0 Å². The Morgan fingerprint density at radius 3 is 1.96 bits per heavy atom. The summed E-state index contributed by atoms with van der Waals surface area (Å²) < 4.78 is 5.53. The Kier molecular flexibility index (Phi) is 4.48. The zero-order valence-corrected chi connectivity index (χ0v) is 13.9. The van der Waals surface area contributed by atoms with Crippen LogP contribution >= 0.6 is 0 Å². The molecule has 0 heterocycles. The summed E-state index contributed by atoms with van der Waals surface area (Å²) in [5.74, 6) is 0.218. The highest BCUT2D eigenvalue weighted by Crippen LogP contribution is 2.33. The van der Waals surface area contributed by atoms with Crippen LogP contribution in [0.3, 0.4) is 0 Å². The molecule has 0 saturated carbocycles. The van der Waals surface area contributed by atoms with Gasteiger partial charge in [-0.2, -0.15) is 0 Å². The van der Waals surface area contributed by atoms with Gasteiger partial charge in [-0.15, -0.1) is 0 Å². The first-order valence-electron chi connectivity index (χ1n) is 8.01. The highest BCUT2D eigenvalue weighted by Gasteiger charge is 2.28. The standard InChI is InChI=1S/C22H20O2/c1-22(2,17-11-5-3-6-12-17)20-16-10-9-15-19(20)21(23)24-18-13-7-4-8-14-18/h3-16H,1-2H3. The Balaban J connectivity index is 1.98. The first-order chi connectivity index (χ1) is 11.6. The predicted molar refractivity (Wildman–Crippen MR) is 96.4 cm³/mol. The van der Waals surface area contributed by atoms with E-state index in [1.54, 1.807) is 12.1 Å². The zero-order valence-electron chi connectivity index (χ0n) is 13.9. The summed E-state index contributed by atoms with van der Waals surface area (Å²) in [7, 11) is 0. The molecule has 0 amide bonds. The lowest BCUT2D eigenvalue weighted by Crippen LogP contribution is -2.24. The molecule has 0 aliphatic heterocycles. The van der Waals surface area contributed by atoms with Crippen molar-refractivity contribution < 1.29 is 9.53 Å². The second kappa shape index (κ2) is 6.71. The fourth-order valence-electron chi connectivity index (χ4n) is 2.87. The van der Waals surface area contributed by atoms with Gasteiger partial charge in [-0.3, -0.25) is 0 Å². The monoisotopic (exact) mass is 316 g/mol. The Bertz CT molecular complexity index is 821. The summed E-state index contributed by atoms with van der Waals surface area (Å²) in [6, 6.07) is 27.0. The van der Waals surface area contributed by atoms with Crippen LogP contribution in [-0.4, -0.2) is 5.97 Å². The number of hydrogen-bond donors (Lipinski definition) is 0. The van der Waals surface area contributed by atoms with Gasteiger partial charge < -0.3 is 4.74 Å². The predicted octanol–water partition coefficient (Wildman–Crippen LogP) is 5.23. The molecular weight excluding hydrogens is 296 g/mol. The van der Waals surface area contributed by atoms with Crippen LogP contribution in [0.2, 0.25) is 0 Å². The van der Waals surface area contributed by atoms with Gasteiger partial charge in [-0.05, 0) is 29.3 Å². The molecule has 3 aromatic rings. The number of para-hydroxylation sites is 1. The van der Waals surface area contributed by atoms with Crippen molar-refractivity contribution in [2.75, 3.05) is 0 Å². The highest BCUT2D eigenvalue weighted by molar-refractivity contribution is 5.93. The SMILES string of the molecule is CC(C)(c1ccccc1)c1ccccc1C(=O)Oc1ccccc1. The second-order valence-corrected chi connectivity index (χ2v) is 6.24. The van der Waals surface area contributed by atoms with Crippen LogP contribution in [0.5, 0.6) is 5.75 Å². The van der Waals surface area contributed by atoms with E-state index in [9.17, 15) is 4.79 Å². The van der Waals surface area contributed by atoms with Crippen LogP contribution in [0.4, 0.5) is 0 Å². The summed E-state index contributed by atoms with van der Waals surface area (Å²) in [4.78, 5) is 12.7. The number of esters is 1. The lowest BCUT2D eigenvalue weighted by atomic mass is 9.76. The maximum atomic E-state index is 12.7. The molecule has 0 bridgehead atoms. The lowest BCUT2D eigenvalue weighted by Gasteiger charge is -2.28. The fourth-order valence-corrected chi connectivity index (χ4v) is 2.87. The minimum absolute atomic E-state index is 0.298. The van der Waals surface area contributed by atoms with Crippen molar-refractivity contribution in [2.45, 2.75) is 19.3 Å². The molecule has 0 atom stereocenters. The summed E-state index contributed by atoms with van der Waals surface area (Å²) in [5, 5.41) is 0. The number of benzene rings is 3. The number of carbonyl (C=O) groups is 1. The number of carbonyl (C=O) groups excluding carboxylic acids is 1. The summed E-state index contributed by atoms with van der Waals surface area (Å²) in [6.45, 7) is 4.24. The number of hydrogen-bond acceptors (Lipinski definition) is 2. The first-order valence-corrected chi connectivity index (χ1v) is 8.01. The Hall–Kier alpha value is -2.87. The van der Waals surface area contributed by atoms with Crippen LogP contribution in [-0.2, 0) is 5.41 Å². The van der Waals surface area contributed by atoms with Crippen molar-refractivity contribution in [3.8, 4) is 5.75 Å². The summed E-state index contributed by atoms with van der Waals surface area (Å²) in [5.41, 5.74) is 2.41. The van der Waals surface area contributed by atoms with Gasteiger partial charge in [-0.25, -0.2) is 4.79 Å². The average molecular weight is 316 g/mol. The fraction of sp³-hybridized carbons (Fsp3) is 0.136. The number of ether oxygens (including phenoxy) is 1. The van der Waals surface area contributed by atoms with Crippen LogP contribution in [0.1, 0.15) is 35.3 Å². The molecule has 0 saturated heterocycles. The Morgan fingerprint density at radius 2 is 1.29 bits per heavy atom. The van der Waals surface area contributed by atoms with Gasteiger partial charge in [0, 0.05) is 5.41 Å². The Morgan fingerprint density at radius 1 is 0.750 bits per heavy atom. The van der Waals surface area contributed by atoms with Crippen LogP contribution in [0, 0.1) is 0 Å². The maximum Gasteiger partial charge on any atom is 0.343 e. The first kappa shape index (κ1) is 16.0. The molecule has 2 heteroatoms. The minimum atomic E-state index is -0.333. The molecule has 0 aliphatic rings. The third-order valence-corrected chi connectivity index (χ3v) is 4.27. The highest BCUT2D eigenvalue weighted by atomic mass is 16.5. The second-order valence-electron chi connectivity index (χ2n) is 6.24. The van der Waals surface area contributed by atoms with Gasteiger partial charge in [0.25, 0.3) is 0 Å². The summed E-state index contributed by atoms with van der Waals surface area (Å²) in [6.07, 6.45) is 0. The molecule has 3 aromatic carbocycles. The van der Waals surface area contributed by atoms with Crippen LogP contribution in [0.25, 0.3) is 0 Å². The molecule has 0 unspecified atom stereocenters. The van der Waals surface area contributed by atoms with Crippen molar-refractivity contribution in [3.63, 3.8) is 0 Å². The maximum absolute atomic E-state index is 12.7. The van der Waals surface area contributed by atoms with E-state index in [0.29, 0.717) is 11.3 Å². The van der Waals surface area contributed by atoms with E-state index in [-0.39, 0.29) is 11.4 Å². The van der Waals surface area contributed by atoms with Gasteiger partial charge >= 0.3 is 5.97 Å². The van der Waals surface area contributed by atoms with Crippen LogP contribution in [0.15, 0.2) is 84.9 Å².